The fourth-order valence-corrected chi connectivity index (χ4v) is 3.14. The van der Waals surface area contributed by atoms with Crippen LogP contribution in [0.1, 0.15) is 45.1 Å². The van der Waals surface area contributed by atoms with E-state index in [0.29, 0.717) is 5.92 Å². The molecule has 1 aliphatic heterocycles. The predicted octanol–water partition coefficient (Wildman–Crippen LogP) is 4.66. The van der Waals surface area contributed by atoms with Gasteiger partial charge in [-0.3, -0.25) is 0 Å². The van der Waals surface area contributed by atoms with Gasteiger partial charge in [0.25, 0.3) is 0 Å². The van der Waals surface area contributed by atoms with Crippen molar-refractivity contribution in [1.82, 2.24) is 4.90 Å². The molecule has 0 aromatic heterocycles. The van der Waals surface area contributed by atoms with Gasteiger partial charge in [0.15, 0.2) is 11.6 Å². The van der Waals surface area contributed by atoms with Gasteiger partial charge in [0.05, 0.1) is 0 Å². The smallest absolute Gasteiger partial charge is 0.159 e. The lowest BCUT2D eigenvalue weighted by molar-refractivity contribution is 0.179. The van der Waals surface area contributed by atoms with Gasteiger partial charge in [-0.25, -0.2) is 8.78 Å². The minimum Gasteiger partial charge on any atom is -0.303 e. The van der Waals surface area contributed by atoms with Crippen LogP contribution in [0.3, 0.4) is 0 Å². The molecule has 0 atom stereocenters. The Morgan fingerprint density at radius 1 is 1.14 bits per heavy atom. The van der Waals surface area contributed by atoms with Gasteiger partial charge in [0, 0.05) is 0 Å². The Hall–Kier alpha value is -0.960. The minimum absolute atomic E-state index is 0.608. The van der Waals surface area contributed by atoms with Crippen molar-refractivity contribution in [1.29, 1.82) is 0 Å². The summed E-state index contributed by atoms with van der Waals surface area (Å²) in [5, 5.41) is 0. The molecule has 0 amide bonds. The maximum Gasteiger partial charge on any atom is 0.159 e. The Balaban J connectivity index is 1.72. The van der Waals surface area contributed by atoms with Gasteiger partial charge < -0.3 is 4.90 Å². The summed E-state index contributed by atoms with van der Waals surface area (Å²) in [5.41, 5.74) is 0.923. The largest absolute Gasteiger partial charge is 0.303 e. The topological polar surface area (TPSA) is 3.24 Å². The zero-order valence-corrected chi connectivity index (χ0v) is 13.2. The molecule has 1 aromatic rings. The van der Waals surface area contributed by atoms with E-state index in [9.17, 15) is 8.78 Å². The summed E-state index contributed by atoms with van der Waals surface area (Å²) in [7, 11) is 0. The van der Waals surface area contributed by atoms with Crippen LogP contribution < -0.4 is 0 Å². The van der Waals surface area contributed by atoms with Gasteiger partial charge in [0.2, 0.25) is 0 Å². The summed E-state index contributed by atoms with van der Waals surface area (Å²) in [4.78, 5) is 2.55. The summed E-state index contributed by atoms with van der Waals surface area (Å²) < 4.78 is 26.1. The van der Waals surface area contributed by atoms with E-state index in [1.165, 1.54) is 44.4 Å². The lowest BCUT2D eigenvalue weighted by atomic mass is 9.90. The predicted molar refractivity (Wildman–Crippen MR) is 83.3 cm³/mol. The Morgan fingerprint density at radius 2 is 1.86 bits per heavy atom. The van der Waals surface area contributed by atoms with E-state index in [1.807, 2.05) is 0 Å². The highest BCUT2D eigenvalue weighted by Crippen LogP contribution is 2.23. The molecule has 0 saturated carbocycles. The molecule has 3 heteroatoms. The SMILES string of the molecule is CC(C)CCCN1CCC(Cc2ccc(F)c(F)c2)CC1. The second-order valence-electron chi connectivity index (χ2n) is 6.77. The van der Waals surface area contributed by atoms with Crippen LogP contribution in [0.5, 0.6) is 0 Å². The number of nitrogens with zero attached hydrogens (tertiary/aromatic N) is 1. The third-order valence-electron chi connectivity index (χ3n) is 4.47. The van der Waals surface area contributed by atoms with Crippen molar-refractivity contribution in [2.75, 3.05) is 19.6 Å². The highest BCUT2D eigenvalue weighted by atomic mass is 19.2. The first-order valence-electron chi connectivity index (χ1n) is 8.21. The van der Waals surface area contributed by atoms with Gasteiger partial charge in [-0.1, -0.05) is 19.9 Å². The average Bonchev–Trinajstić information content (AvgIpc) is 2.44. The molecule has 0 spiro atoms. The number of benzene rings is 1. The van der Waals surface area contributed by atoms with Crippen LogP contribution >= 0.6 is 0 Å². The molecule has 1 heterocycles. The number of likely N-dealkylation sites (tertiary alicyclic amines) is 1. The molecule has 1 aromatic carbocycles. The fourth-order valence-electron chi connectivity index (χ4n) is 3.14. The first-order valence-corrected chi connectivity index (χ1v) is 8.21. The van der Waals surface area contributed by atoms with Crippen LogP contribution in [0.4, 0.5) is 8.78 Å². The van der Waals surface area contributed by atoms with Gasteiger partial charge in [-0.15, -0.1) is 0 Å². The number of hydrogen-bond donors (Lipinski definition) is 0. The summed E-state index contributed by atoms with van der Waals surface area (Å²) in [6.45, 7) is 8.04. The van der Waals surface area contributed by atoms with Crippen LogP contribution in [0, 0.1) is 23.5 Å². The molecule has 0 N–H and O–H groups in total. The van der Waals surface area contributed by atoms with E-state index >= 15 is 0 Å². The zero-order chi connectivity index (χ0) is 15.2. The van der Waals surface area contributed by atoms with Crippen LogP contribution in [0.25, 0.3) is 0 Å². The summed E-state index contributed by atoms with van der Waals surface area (Å²) in [5.74, 6) is -0.0792. The monoisotopic (exact) mass is 295 g/mol. The molecule has 1 saturated heterocycles. The number of rotatable bonds is 6. The Bertz CT molecular complexity index is 437. The third-order valence-corrected chi connectivity index (χ3v) is 4.47. The normalized spacial score (nSPS) is 17.6. The first-order chi connectivity index (χ1) is 10.0. The Morgan fingerprint density at radius 3 is 2.48 bits per heavy atom. The maximum atomic E-state index is 13.2. The first kappa shape index (κ1) is 16.4. The van der Waals surface area contributed by atoms with Crippen LogP contribution in [-0.2, 0) is 6.42 Å². The molecule has 0 bridgehead atoms. The van der Waals surface area contributed by atoms with Crippen LogP contribution in [0.15, 0.2) is 18.2 Å². The molecule has 0 aliphatic carbocycles. The Labute approximate surface area is 127 Å². The van der Waals surface area contributed by atoms with E-state index in [0.717, 1.165) is 31.0 Å². The molecule has 0 unspecified atom stereocenters. The summed E-state index contributed by atoms with van der Waals surface area (Å²) in [6, 6.07) is 4.31. The molecule has 21 heavy (non-hydrogen) atoms. The van der Waals surface area contributed by atoms with E-state index in [1.54, 1.807) is 6.07 Å². The molecule has 1 aliphatic rings. The van der Waals surface area contributed by atoms with Crippen molar-refractivity contribution in [3.8, 4) is 0 Å². The summed E-state index contributed by atoms with van der Waals surface area (Å²) >= 11 is 0. The summed E-state index contributed by atoms with van der Waals surface area (Å²) in [6.07, 6.45) is 5.79. The van der Waals surface area contributed by atoms with Crippen molar-refractivity contribution in [3.63, 3.8) is 0 Å². The van der Waals surface area contributed by atoms with Crippen molar-refractivity contribution < 1.29 is 8.78 Å². The number of hydrogen-bond acceptors (Lipinski definition) is 1. The average molecular weight is 295 g/mol. The van der Waals surface area contributed by atoms with Crippen molar-refractivity contribution >= 4 is 0 Å². The molecule has 2 rings (SSSR count). The van der Waals surface area contributed by atoms with Crippen molar-refractivity contribution in [3.05, 3.63) is 35.4 Å². The van der Waals surface area contributed by atoms with E-state index < -0.39 is 11.6 Å². The lowest BCUT2D eigenvalue weighted by Crippen LogP contribution is -2.35. The number of piperidine rings is 1. The zero-order valence-electron chi connectivity index (χ0n) is 13.2. The van der Waals surface area contributed by atoms with Crippen LogP contribution in [0.2, 0.25) is 0 Å². The quantitative estimate of drug-likeness (QED) is 0.738. The highest BCUT2D eigenvalue weighted by molar-refractivity contribution is 5.18. The van der Waals surface area contributed by atoms with Gasteiger partial charge in [-0.05, 0) is 81.3 Å². The van der Waals surface area contributed by atoms with Gasteiger partial charge in [-0.2, -0.15) is 0 Å². The highest BCUT2D eigenvalue weighted by Gasteiger charge is 2.19. The molecule has 118 valence electrons. The van der Waals surface area contributed by atoms with E-state index in [2.05, 4.69) is 18.7 Å². The van der Waals surface area contributed by atoms with Crippen molar-refractivity contribution in [2.45, 2.75) is 46.0 Å². The second kappa shape index (κ2) is 7.88. The van der Waals surface area contributed by atoms with Gasteiger partial charge >= 0.3 is 0 Å². The lowest BCUT2D eigenvalue weighted by Gasteiger charge is -2.32. The standard InChI is InChI=1S/C18H27F2N/c1-14(2)4-3-9-21-10-7-15(8-11-21)12-16-5-6-17(19)18(20)13-16/h5-6,13-15H,3-4,7-12H2,1-2H3. The second-order valence-corrected chi connectivity index (χ2v) is 6.77. The van der Waals surface area contributed by atoms with Crippen molar-refractivity contribution in [2.24, 2.45) is 11.8 Å². The fraction of sp³-hybridized carbons (Fsp3) is 0.667. The maximum absolute atomic E-state index is 13.2. The molecular weight excluding hydrogens is 268 g/mol. The van der Waals surface area contributed by atoms with E-state index in [-0.39, 0.29) is 0 Å². The molecule has 1 fully saturated rings. The Kier molecular flexibility index (Phi) is 6.16. The van der Waals surface area contributed by atoms with E-state index in [4.69, 9.17) is 0 Å². The van der Waals surface area contributed by atoms with Crippen LogP contribution in [-0.4, -0.2) is 24.5 Å². The number of halogens is 2. The minimum atomic E-state index is -0.751. The molecule has 1 nitrogen and oxygen atoms in total. The van der Waals surface area contributed by atoms with Gasteiger partial charge in [0.1, 0.15) is 0 Å². The molecule has 0 radical (unpaired) electrons. The molecular formula is C18H27F2N. The third kappa shape index (κ3) is 5.39.